The summed E-state index contributed by atoms with van der Waals surface area (Å²) in [6.07, 6.45) is 0. The molecule has 1 aromatic rings. The Morgan fingerprint density at radius 3 is 2.20 bits per heavy atom. The highest BCUT2D eigenvalue weighted by atomic mass is 127. The van der Waals surface area contributed by atoms with Gasteiger partial charge in [0.25, 0.3) is 0 Å². The maximum absolute atomic E-state index is 11.0. The summed E-state index contributed by atoms with van der Waals surface area (Å²) in [6.45, 7) is 6.45. The Labute approximate surface area is 104 Å². The fraction of sp³-hybridized carbons (Fsp3) is 0.417. The first-order valence-corrected chi connectivity index (χ1v) is 6.33. The van der Waals surface area contributed by atoms with Crippen LogP contribution in [0.2, 0.25) is 0 Å². The van der Waals surface area contributed by atoms with E-state index < -0.39 is 0 Å². The van der Waals surface area contributed by atoms with E-state index in [4.69, 9.17) is 4.74 Å². The number of rotatable bonds is 2. The van der Waals surface area contributed by atoms with Gasteiger partial charge in [-0.25, -0.2) is 0 Å². The molecule has 82 valence electrons. The minimum Gasteiger partial charge on any atom is -0.426 e. The molecule has 0 fully saturated rings. The van der Waals surface area contributed by atoms with Crippen molar-refractivity contribution in [2.45, 2.75) is 26.2 Å². The van der Waals surface area contributed by atoms with E-state index in [0.717, 1.165) is 0 Å². The Morgan fingerprint density at radius 1 is 1.27 bits per heavy atom. The van der Waals surface area contributed by atoms with Crippen molar-refractivity contribution < 1.29 is 9.53 Å². The normalized spacial score (nSPS) is 11.2. The molecule has 0 spiro atoms. The van der Waals surface area contributed by atoms with Crippen LogP contribution in [0.15, 0.2) is 24.3 Å². The number of hydrogen-bond acceptors (Lipinski definition) is 2. The van der Waals surface area contributed by atoms with Crippen LogP contribution in [0.5, 0.6) is 5.75 Å². The second kappa shape index (κ2) is 4.96. The fourth-order valence-corrected chi connectivity index (χ4v) is 1.34. The molecule has 0 saturated heterocycles. The molecule has 1 aromatic carbocycles. The first kappa shape index (κ1) is 12.5. The van der Waals surface area contributed by atoms with Gasteiger partial charge in [-0.3, -0.25) is 4.79 Å². The third kappa shape index (κ3) is 3.81. The monoisotopic (exact) mass is 318 g/mol. The Bertz CT molecular complexity index is 336. The number of hydrogen-bond donors (Lipinski definition) is 0. The second-order valence-electron chi connectivity index (χ2n) is 4.38. The van der Waals surface area contributed by atoms with Crippen LogP contribution in [0.25, 0.3) is 0 Å². The van der Waals surface area contributed by atoms with Crippen LogP contribution in [-0.2, 0) is 10.2 Å². The molecule has 0 aromatic heterocycles. The molecule has 0 atom stereocenters. The lowest BCUT2D eigenvalue weighted by molar-refractivity contribution is -0.131. The van der Waals surface area contributed by atoms with E-state index in [1.165, 1.54) is 5.56 Å². The van der Waals surface area contributed by atoms with Crippen LogP contribution in [0, 0.1) is 0 Å². The first-order chi connectivity index (χ1) is 6.93. The van der Waals surface area contributed by atoms with Gasteiger partial charge in [-0.1, -0.05) is 55.5 Å². The lowest BCUT2D eigenvalue weighted by Gasteiger charge is -2.18. The number of carbonyl (C=O) groups is 1. The minimum atomic E-state index is -0.209. The first-order valence-electron chi connectivity index (χ1n) is 4.80. The third-order valence-electron chi connectivity index (χ3n) is 2.06. The van der Waals surface area contributed by atoms with Crippen LogP contribution >= 0.6 is 22.6 Å². The van der Waals surface area contributed by atoms with Crippen molar-refractivity contribution in [2.75, 3.05) is 4.43 Å². The van der Waals surface area contributed by atoms with E-state index in [1.54, 1.807) is 0 Å². The lowest BCUT2D eigenvalue weighted by Crippen LogP contribution is -2.11. The Hall–Kier alpha value is -0.580. The number of ether oxygens (including phenoxy) is 1. The van der Waals surface area contributed by atoms with Crippen LogP contribution in [0.4, 0.5) is 0 Å². The van der Waals surface area contributed by atoms with Gasteiger partial charge in [-0.2, -0.15) is 0 Å². The van der Waals surface area contributed by atoms with Gasteiger partial charge in [0.05, 0.1) is 4.43 Å². The quantitative estimate of drug-likeness (QED) is 0.362. The highest BCUT2D eigenvalue weighted by Crippen LogP contribution is 2.24. The summed E-state index contributed by atoms with van der Waals surface area (Å²) in [7, 11) is 0. The summed E-state index contributed by atoms with van der Waals surface area (Å²) in [5.41, 5.74) is 1.36. The average Bonchev–Trinajstić information content (AvgIpc) is 2.17. The number of halogens is 1. The van der Waals surface area contributed by atoms with Crippen molar-refractivity contribution >= 4 is 28.6 Å². The van der Waals surface area contributed by atoms with Crippen LogP contribution in [0.3, 0.4) is 0 Å². The molecule has 3 heteroatoms. The van der Waals surface area contributed by atoms with Gasteiger partial charge in [0.15, 0.2) is 0 Å². The van der Waals surface area contributed by atoms with E-state index in [9.17, 15) is 4.79 Å². The van der Waals surface area contributed by atoms with Crippen molar-refractivity contribution in [3.63, 3.8) is 0 Å². The van der Waals surface area contributed by atoms with Crippen LogP contribution in [-0.4, -0.2) is 10.4 Å². The Morgan fingerprint density at radius 2 is 1.80 bits per heavy atom. The number of carbonyl (C=O) groups excluding carboxylic acids is 1. The van der Waals surface area contributed by atoms with Crippen molar-refractivity contribution in [2.24, 2.45) is 0 Å². The summed E-state index contributed by atoms with van der Waals surface area (Å²) in [4.78, 5) is 11.0. The smallest absolute Gasteiger partial charge is 0.321 e. The molecule has 0 radical (unpaired) electrons. The van der Waals surface area contributed by atoms with E-state index in [0.29, 0.717) is 10.2 Å². The van der Waals surface area contributed by atoms with E-state index >= 15 is 0 Å². The van der Waals surface area contributed by atoms with Crippen LogP contribution in [0.1, 0.15) is 26.3 Å². The molecule has 0 unspecified atom stereocenters. The summed E-state index contributed by atoms with van der Waals surface area (Å²) < 4.78 is 5.46. The van der Waals surface area contributed by atoms with Gasteiger partial charge >= 0.3 is 5.97 Å². The Kier molecular flexibility index (Phi) is 4.13. The summed E-state index contributed by atoms with van der Waals surface area (Å²) in [5.74, 6) is 0.406. The summed E-state index contributed by atoms with van der Waals surface area (Å²) in [5, 5.41) is 0. The zero-order valence-electron chi connectivity index (χ0n) is 9.21. The van der Waals surface area contributed by atoms with Gasteiger partial charge in [-0.15, -0.1) is 0 Å². The lowest BCUT2D eigenvalue weighted by atomic mass is 9.87. The molecule has 0 N–H and O–H groups in total. The number of benzene rings is 1. The largest absolute Gasteiger partial charge is 0.426 e. The summed E-state index contributed by atoms with van der Waals surface area (Å²) >= 11 is 1.99. The number of esters is 1. The van der Waals surface area contributed by atoms with Crippen molar-refractivity contribution in [1.82, 2.24) is 0 Å². The third-order valence-corrected chi connectivity index (χ3v) is 2.68. The van der Waals surface area contributed by atoms with Gasteiger partial charge in [0.1, 0.15) is 5.75 Å². The SMILES string of the molecule is CC(C)(C)c1ccc(OC(=O)CI)cc1. The molecule has 1 rings (SSSR count). The zero-order valence-corrected chi connectivity index (χ0v) is 11.4. The van der Waals surface area contributed by atoms with E-state index in [2.05, 4.69) is 20.8 Å². The van der Waals surface area contributed by atoms with Crippen molar-refractivity contribution in [3.05, 3.63) is 29.8 Å². The van der Waals surface area contributed by atoms with Gasteiger partial charge in [0, 0.05) is 0 Å². The molecular formula is C12H15IO2. The molecule has 2 nitrogen and oxygen atoms in total. The van der Waals surface area contributed by atoms with Crippen LogP contribution < -0.4 is 4.74 Å². The molecular weight excluding hydrogens is 303 g/mol. The predicted octanol–water partition coefficient (Wildman–Crippen LogP) is 3.32. The maximum Gasteiger partial charge on any atom is 0.321 e. The molecule has 15 heavy (non-hydrogen) atoms. The van der Waals surface area contributed by atoms with Gasteiger partial charge < -0.3 is 4.74 Å². The molecule has 0 saturated carbocycles. The molecule has 0 heterocycles. The molecule has 0 bridgehead atoms. The molecule has 0 aliphatic rings. The average molecular weight is 318 g/mol. The number of alkyl halides is 1. The van der Waals surface area contributed by atoms with Crippen molar-refractivity contribution in [3.8, 4) is 5.75 Å². The van der Waals surface area contributed by atoms with Gasteiger partial charge in [0.2, 0.25) is 0 Å². The molecule has 0 aliphatic carbocycles. The Balaban J connectivity index is 2.77. The summed E-state index contributed by atoms with van der Waals surface area (Å²) in [6, 6.07) is 7.67. The van der Waals surface area contributed by atoms with Gasteiger partial charge in [-0.05, 0) is 23.1 Å². The van der Waals surface area contributed by atoms with E-state index in [1.807, 2.05) is 46.9 Å². The zero-order chi connectivity index (χ0) is 11.5. The molecule has 0 amide bonds. The fourth-order valence-electron chi connectivity index (χ4n) is 1.18. The minimum absolute atomic E-state index is 0.131. The highest BCUT2D eigenvalue weighted by molar-refractivity contribution is 14.1. The molecule has 0 aliphatic heterocycles. The van der Waals surface area contributed by atoms with Crippen molar-refractivity contribution in [1.29, 1.82) is 0 Å². The second-order valence-corrected chi connectivity index (χ2v) is 5.14. The maximum atomic E-state index is 11.0. The topological polar surface area (TPSA) is 26.3 Å². The predicted molar refractivity (Wildman–Crippen MR) is 69.7 cm³/mol. The standard InChI is InChI=1S/C12H15IO2/c1-12(2,3)9-4-6-10(7-5-9)15-11(14)8-13/h4-7H,8H2,1-3H3. The highest BCUT2D eigenvalue weighted by Gasteiger charge is 2.13. The van der Waals surface area contributed by atoms with E-state index in [-0.39, 0.29) is 11.4 Å².